The van der Waals surface area contributed by atoms with Crippen molar-refractivity contribution >= 4 is 15.7 Å². The largest absolute Gasteiger partial charge is 0.416 e. The van der Waals surface area contributed by atoms with Crippen molar-refractivity contribution in [2.24, 2.45) is 0 Å². The maximum Gasteiger partial charge on any atom is 0.416 e. The first-order valence-electron chi connectivity index (χ1n) is 10.3. The van der Waals surface area contributed by atoms with Gasteiger partial charge >= 0.3 is 12.4 Å². The number of halogens is 6. The third-order valence-corrected chi connectivity index (χ3v) is 5.93. The summed E-state index contributed by atoms with van der Waals surface area (Å²) in [7, 11) is -3.85. The number of aromatic nitrogens is 2. The van der Waals surface area contributed by atoms with Gasteiger partial charge in [0.1, 0.15) is 0 Å². The third-order valence-electron chi connectivity index (χ3n) is 5.07. The number of hydrogen-bond donors (Lipinski definition) is 0. The Bertz CT molecular complexity index is 1340. The molecule has 3 rings (SSSR count). The molecular formula is C23H19F6N3O3S. The fourth-order valence-electron chi connectivity index (χ4n) is 3.35. The number of hydrogen-bond acceptors (Lipinski definition) is 5. The molecule has 36 heavy (non-hydrogen) atoms. The number of amides is 1. The van der Waals surface area contributed by atoms with Gasteiger partial charge < -0.3 is 4.90 Å². The average molecular weight is 531 g/mol. The van der Waals surface area contributed by atoms with E-state index in [0.717, 1.165) is 17.4 Å². The molecule has 2 aromatic carbocycles. The quantitative estimate of drug-likeness (QED) is 0.321. The maximum absolute atomic E-state index is 13.4. The number of carbonyl (C=O) groups excluding carboxylic acids is 1. The Labute approximate surface area is 202 Å². The number of benzene rings is 2. The van der Waals surface area contributed by atoms with E-state index in [1.165, 1.54) is 6.92 Å². The van der Waals surface area contributed by atoms with Gasteiger partial charge in [0.05, 0.1) is 22.4 Å². The zero-order chi connectivity index (χ0) is 26.9. The highest BCUT2D eigenvalue weighted by Gasteiger charge is 2.37. The van der Waals surface area contributed by atoms with Crippen LogP contribution in [0.4, 0.5) is 26.3 Å². The summed E-state index contributed by atoms with van der Waals surface area (Å²) >= 11 is 0. The molecule has 0 bridgehead atoms. The van der Waals surface area contributed by atoms with Crippen LogP contribution in [-0.2, 0) is 28.7 Å². The van der Waals surface area contributed by atoms with E-state index >= 15 is 0 Å². The van der Waals surface area contributed by atoms with E-state index in [1.807, 2.05) is 0 Å². The monoisotopic (exact) mass is 531 g/mol. The second kappa shape index (κ2) is 9.88. The zero-order valence-corrected chi connectivity index (χ0v) is 19.7. The predicted molar refractivity (Wildman–Crippen MR) is 117 cm³/mol. The lowest BCUT2D eigenvalue weighted by Crippen LogP contribution is -2.31. The molecule has 0 N–H and O–H groups in total. The van der Waals surface area contributed by atoms with Crippen LogP contribution in [0.15, 0.2) is 59.9 Å². The highest BCUT2D eigenvalue weighted by molar-refractivity contribution is 7.90. The van der Waals surface area contributed by atoms with Crippen molar-refractivity contribution in [1.29, 1.82) is 0 Å². The Morgan fingerprint density at radius 2 is 1.50 bits per heavy atom. The van der Waals surface area contributed by atoms with Crippen molar-refractivity contribution in [1.82, 2.24) is 14.9 Å². The van der Waals surface area contributed by atoms with Crippen molar-refractivity contribution in [2.75, 3.05) is 12.8 Å². The first-order chi connectivity index (χ1) is 16.6. The summed E-state index contributed by atoms with van der Waals surface area (Å²) in [5.74, 6) is -0.803. The number of nitrogens with zero attached hydrogens (tertiary/aromatic N) is 3. The van der Waals surface area contributed by atoms with Crippen LogP contribution in [0.5, 0.6) is 0 Å². The fourth-order valence-corrected chi connectivity index (χ4v) is 3.85. The molecule has 1 heterocycles. The van der Waals surface area contributed by atoms with Crippen LogP contribution < -0.4 is 0 Å². The minimum Gasteiger partial charge on any atom is -0.334 e. The molecule has 0 atom stereocenters. The van der Waals surface area contributed by atoms with Gasteiger partial charge in [0.15, 0.2) is 0 Å². The highest BCUT2D eigenvalue weighted by Crippen LogP contribution is 2.36. The highest BCUT2D eigenvalue weighted by atomic mass is 32.2. The van der Waals surface area contributed by atoms with Gasteiger partial charge in [-0.1, -0.05) is 30.3 Å². The number of rotatable bonds is 6. The summed E-state index contributed by atoms with van der Waals surface area (Å²) in [6.07, 6.45) is -8.22. The lowest BCUT2D eigenvalue weighted by molar-refractivity contribution is -0.143. The van der Waals surface area contributed by atoms with Crippen molar-refractivity contribution in [3.8, 4) is 11.3 Å². The topological polar surface area (TPSA) is 80.2 Å². The summed E-state index contributed by atoms with van der Waals surface area (Å²) in [5, 5.41) is -0.548. The lowest BCUT2D eigenvalue weighted by Gasteiger charge is -2.23. The van der Waals surface area contributed by atoms with Crippen molar-refractivity contribution in [2.45, 2.75) is 31.0 Å². The third kappa shape index (κ3) is 6.20. The van der Waals surface area contributed by atoms with E-state index in [9.17, 15) is 39.6 Å². The van der Waals surface area contributed by atoms with Crippen molar-refractivity contribution in [3.05, 3.63) is 77.0 Å². The molecule has 0 spiro atoms. The van der Waals surface area contributed by atoms with Crippen LogP contribution in [0, 0.1) is 0 Å². The maximum atomic E-state index is 13.4. The summed E-state index contributed by atoms with van der Waals surface area (Å²) < 4.78 is 103. The van der Waals surface area contributed by atoms with Gasteiger partial charge in [0, 0.05) is 31.1 Å². The molecule has 0 fully saturated rings. The van der Waals surface area contributed by atoms with E-state index < -0.39 is 50.9 Å². The number of carbonyl (C=O) groups is 1. The van der Waals surface area contributed by atoms with Crippen LogP contribution in [-0.4, -0.2) is 42.0 Å². The number of sulfone groups is 1. The molecule has 1 aromatic heterocycles. The van der Waals surface area contributed by atoms with E-state index in [-0.39, 0.29) is 29.4 Å². The van der Waals surface area contributed by atoms with E-state index in [4.69, 9.17) is 0 Å². The van der Waals surface area contributed by atoms with Gasteiger partial charge in [0.2, 0.25) is 15.0 Å². The second-order valence-electron chi connectivity index (χ2n) is 7.79. The van der Waals surface area contributed by atoms with Gasteiger partial charge in [-0.05, 0) is 30.7 Å². The van der Waals surface area contributed by atoms with Crippen LogP contribution >= 0.6 is 0 Å². The van der Waals surface area contributed by atoms with E-state index in [1.54, 1.807) is 30.3 Å². The average Bonchev–Trinajstić information content (AvgIpc) is 2.80. The number of alkyl halides is 6. The Hall–Kier alpha value is -3.48. The van der Waals surface area contributed by atoms with Gasteiger partial charge in [-0.3, -0.25) is 4.79 Å². The van der Waals surface area contributed by atoms with Crippen LogP contribution in [0.25, 0.3) is 11.3 Å². The molecule has 192 valence electrons. The molecule has 13 heteroatoms. The molecule has 0 saturated carbocycles. The standard InChI is InChI=1S/C23H19F6N3O3S/c1-3-32(13-14-9-16(22(24,25)26)11-17(10-14)23(27,28)29)20(33)18-12-30-21(36(2,34)35)31-19(18)15-7-5-4-6-8-15/h4-12H,3,13H2,1-2H3. The predicted octanol–water partition coefficient (Wildman–Crippen LogP) is 5.25. The van der Waals surface area contributed by atoms with Crippen LogP contribution in [0.1, 0.15) is 34.0 Å². The molecule has 0 aliphatic heterocycles. The second-order valence-corrected chi connectivity index (χ2v) is 9.70. The van der Waals surface area contributed by atoms with Gasteiger partial charge in [-0.25, -0.2) is 18.4 Å². The van der Waals surface area contributed by atoms with Crippen LogP contribution in [0.3, 0.4) is 0 Å². The minimum absolute atomic E-state index is 0.00681. The molecule has 0 radical (unpaired) electrons. The Morgan fingerprint density at radius 1 is 0.944 bits per heavy atom. The van der Waals surface area contributed by atoms with Crippen molar-refractivity contribution < 1.29 is 39.6 Å². The normalized spacial score (nSPS) is 12.4. The fraction of sp³-hybridized carbons (Fsp3) is 0.261. The first kappa shape index (κ1) is 27.1. The lowest BCUT2D eigenvalue weighted by atomic mass is 10.0. The Balaban J connectivity index is 2.08. The molecule has 0 unspecified atom stereocenters. The molecular weight excluding hydrogens is 512 g/mol. The summed E-state index contributed by atoms with van der Waals surface area (Å²) in [5.41, 5.74) is -3.24. The molecule has 0 aliphatic carbocycles. The Kier molecular flexibility index (Phi) is 7.44. The minimum atomic E-state index is -5.03. The molecule has 1 amide bonds. The van der Waals surface area contributed by atoms with Gasteiger partial charge in [-0.2, -0.15) is 26.3 Å². The zero-order valence-electron chi connectivity index (χ0n) is 18.9. The SMILES string of the molecule is CCN(Cc1cc(C(F)(F)F)cc(C(F)(F)F)c1)C(=O)c1cnc(S(C)(=O)=O)nc1-c1ccccc1. The van der Waals surface area contributed by atoms with Crippen LogP contribution in [0.2, 0.25) is 0 Å². The summed E-state index contributed by atoms with van der Waals surface area (Å²) in [6.45, 7) is 0.826. The smallest absolute Gasteiger partial charge is 0.334 e. The summed E-state index contributed by atoms with van der Waals surface area (Å²) in [4.78, 5) is 22.1. The van der Waals surface area contributed by atoms with Crippen molar-refractivity contribution in [3.63, 3.8) is 0 Å². The molecule has 3 aromatic rings. The molecule has 0 saturated heterocycles. The van der Waals surface area contributed by atoms with E-state index in [2.05, 4.69) is 9.97 Å². The Morgan fingerprint density at radius 3 is 1.97 bits per heavy atom. The first-order valence-corrected chi connectivity index (χ1v) is 12.2. The summed E-state index contributed by atoms with van der Waals surface area (Å²) in [6, 6.07) is 9.13. The van der Waals surface area contributed by atoms with Gasteiger partial charge in [0.25, 0.3) is 5.91 Å². The van der Waals surface area contributed by atoms with Gasteiger partial charge in [-0.15, -0.1) is 0 Å². The molecule has 6 nitrogen and oxygen atoms in total. The van der Waals surface area contributed by atoms with E-state index in [0.29, 0.717) is 17.7 Å². The molecule has 0 aliphatic rings.